The van der Waals surface area contributed by atoms with Crippen LogP contribution in [0.3, 0.4) is 0 Å². The van der Waals surface area contributed by atoms with Crippen LogP contribution in [-0.2, 0) is 0 Å². The molecule has 0 amide bonds. The summed E-state index contributed by atoms with van der Waals surface area (Å²) in [7, 11) is 0. The Hall–Kier alpha value is -1.18. The molecule has 1 heterocycles. The third-order valence-corrected chi connectivity index (χ3v) is 1.31. The number of H-pyrrole nitrogens is 1. The zero-order chi connectivity index (χ0) is 7.40. The Kier molecular flexibility index (Phi) is 2.15. The molecule has 10 heavy (non-hydrogen) atoms. The summed E-state index contributed by atoms with van der Waals surface area (Å²) in [5, 5.41) is 3.12. The third-order valence-electron chi connectivity index (χ3n) is 1.31. The molecule has 0 bridgehead atoms. The summed E-state index contributed by atoms with van der Waals surface area (Å²) in [6, 6.07) is 3.95. The molecule has 0 saturated carbocycles. The van der Waals surface area contributed by atoms with Crippen molar-refractivity contribution in [1.29, 1.82) is 0 Å². The maximum absolute atomic E-state index is 3.84. The van der Waals surface area contributed by atoms with Crippen molar-refractivity contribution in [1.82, 2.24) is 10.3 Å². The third kappa shape index (κ3) is 1.41. The molecule has 2 nitrogen and oxygen atoms in total. The van der Waals surface area contributed by atoms with Crippen LogP contribution >= 0.6 is 0 Å². The van der Waals surface area contributed by atoms with Gasteiger partial charge in [-0.3, -0.25) is 0 Å². The van der Waals surface area contributed by atoms with Crippen molar-refractivity contribution in [2.75, 3.05) is 6.54 Å². The highest BCUT2D eigenvalue weighted by atomic mass is 14.9. The monoisotopic (exact) mass is 136 g/mol. The van der Waals surface area contributed by atoms with E-state index in [9.17, 15) is 0 Å². The first-order chi connectivity index (χ1) is 4.84. The van der Waals surface area contributed by atoms with Gasteiger partial charge in [-0.05, 0) is 19.1 Å². The molecule has 0 fully saturated rings. The summed E-state index contributed by atoms with van der Waals surface area (Å²) in [5.41, 5.74) is 2.01. The number of hydrogen-bond donors (Lipinski definition) is 2. The fourth-order valence-corrected chi connectivity index (χ4v) is 0.827. The lowest BCUT2D eigenvalue weighted by Crippen LogP contribution is -2.09. The van der Waals surface area contributed by atoms with Crippen molar-refractivity contribution in [3.8, 4) is 0 Å². The van der Waals surface area contributed by atoms with Crippen molar-refractivity contribution in [2.24, 2.45) is 0 Å². The highest BCUT2D eigenvalue weighted by Gasteiger charge is 1.93. The predicted molar refractivity (Wildman–Crippen MR) is 43.5 cm³/mol. The van der Waals surface area contributed by atoms with Crippen LogP contribution < -0.4 is 5.32 Å². The average molecular weight is 136 g/mol. The van der Waals surface area contributed by atoms with E-state index < -0.39 is 0 Å². The molecule has 0 aliphatic rings. The Balaban J connectivity index is 2.59. The standard InChI is InChI=1S/C8H12N2/c1-3-9-7(2)8-5-4-6-10-8/h4-6,9-10H,2-3H2,1H3. The van der Waals surface area contributed by atoms with Gasteiger partial charge in [-0.2, -0.15) is 0 Å². The number of nitrogens with one attached hydrogen (secondary N) is 2. The minimum atomic E-state index is 0.915. The topological polar surface area (TPSA) is 27.8 Å². The highest BCUT2D eigenvalue weighted by molar-refractivity contribution is 5.57. The Morgan fingerprint density at radius 1 is 1.80 bits per heavy atom. The molecule has 2 heteroatoms. The summed E-state index contributed by atoms with van der Waals surface area (Å²) in [6.07, 6.45) is 1.89. The lowest BCUT2D eigenvalue weighted by molar-refractivity contribution is 0.936. The molecule has 1 aromatic heterocycles. The van der Waals surface area contributed by atoms with Gasteiger partial charge in [0.2, 0.25) is 0 Å². The first-order valence-electron chi connectivity index (χ1n) is 3.41. The maximum atomic E-state index is 3.84. The highest BCUT2D eigenvalue weighted by Crippen LogP contribution is 2.03. The molecule has 0 saturated heterocycles. The second kappa shape index (κ2) is 3.11. The minimum Gasteiger partial charge on any atom is -0.384 e. The maximum Gasteiger partial charge on any atom is 0.0609 e. The van der Waals surface area contributed by atoms with Crippen LogP contribution in [0.5, 0.6) is 0 Å². The van der Waals surface area contributed by atoms with Gasteiger partial charge in [-0.1, -0.05) is 6.58 Å². The lowest BCUT2D eigenvalue weighted by Gasteiger charge is -2.02. The van der Waals surface area contributed by atoms with Crippen molar-refractivity contribution in [3.05, 3.63) is 30.6 Å². The quantitative estimate of drug-likeness (QED) is 0.649. The van der Waals surface area contributed by atoms with Gasteiger partial charge in [0.1, 0.15) is 0 Å². The van der Waals surface area contributed by atoms with Crippen LogP contribution in [0.15, 0.2) is 24.9 Å². The molecule has 0 spiro atoms. The normalized spacial score (nSPS) is 9.30. The zero-order valence-electron chi connectivity index (χ0n) is 6.15. The Bertz CT molecular complexity index is 199. The van der Waals surface area contributed by atoms with E-state index in [2.05, 4.69) is 16.9 Å². The van der Waals surface area contributed by atoms with Gasteiger partial charge in [-0.25, -0.2) is 0 Å². The predicted octanol–water partition coefficient (Wildman–Crippen LogP) is 1.59. The van der Waals surface area contributed by atoms with Crippen LogP contribution in [0.25, 0.3) is 5.70 Å². The Labute approximate surface area is 61.0 Å². The van der Waals surface area contributed by atoms with Crippen LogP contribution in [0.4, 0.5) is 0 Å². The first kappa shape index (κ1) is 6.93. The summed E-state index contributed by atoms with van der Waals surface area (Å²) >= 11 is 0. The molecule has 1 aromatic rings. The fraction of sp³-hybridized carbons (Fsp3) is 0.250. The molecular weight excluding hydrogens is 124 g/mol. The number of hydrogen-bond acceptors (Lipinski definition) is 1. The van der Waals surface area contributed by atoms with Gasteiger partial charge in [0, 0.05) is 12.7 Å². The van der Waals surface area contributed by atoms with E-state index in [1.54, 1.807) is 0 Å². The second-order valence-corrected chi connectivity index (χ2v) is 2.09. The van der Waals surface area contributed by atoms with Gasteiger partial charge >= 0.3 is 0 Å². The van der Waals surface area contributed by atoms with E-state index in [0.29, 0.717) is 0 Å². The number of aromatic nitrogens is 1. The van der Waals surface area contributed by atoms with Crippen LogP contribution in [-0.4, -0.2) is 11.5 Å². The molecule has 54 valence electrons. The van der Waals surface area contributed by atoms with Crippen LogP contribution in [0.2, 0.25) is 0 Å². The summed E-state index contributed by atoms with van der Waals surface area (Å²) in [5.74, 6) is 0. The van der Waals surface area contributed by atoms with Gasteiger partial charge in [-0.15, -0.1) is 0 Å². The van der Waals surface area contributed by atoms with Crippen molar-refractivity contribution in [3.63, 3.8) is 0 Å². The number of aromatic amines is 1. The van der Waals surface area contributed by atoms with E-state index in [-0.39, 0.29) is 0 Å². The van der Waals surface area contributed by atoms with Gasteiger partial charge in [0.25, 0.3) is 0 Å². The zero-order valence-corrected chi connectivity index (χ0v) is 6.15. The molecule has 0 atom stereocenters. The molecule has 0 aliphatic carbocycles. The Morgan fingerprint density at radius 2 is 2.60 bits per heavy atom. The molecule has 0 radical (unpaired) electrons. The van der Waals surface area contributed by atoms with E-state index in [4.69, 9.17) is 0 Å². The minimum absolute atomic E-state index is 0.915. The average Bonchev–Trinajstić information content (AvgIpc) is 2.38. The van der Waals surface area contributed by atoms with Crippen molar-refractivity contribution >= 4 is 5.70 Å². The van der Waals surface area contributed by atoms with E-state index >= 15 is 0 Å². The van der Waals surface area contributed by atoms with Gasteiger partial charge < -0.3 is 10.3 Å². The summed E-state index contributed by atoms with van der Waals surface area (Å²) in [4.78, 5) is 3.06. The van der Waals surface area contributed by atoms with Gasteiger partial charge in [0.05, 0.1) is 11.4 Å². The second-order valence-electron chi connectivity index (χ2n) is 2.09. The lowest BCUT2D eigenvalue weighted by atomic mass is 10.3. The largest absolute Gasteiger partial charge is 0.384 e. The SMILES string of the molecule is C=C(NCC)c1ccc[nH]1. The fourth-order valence-electron chi connectivity index (χ4n) is 0.827. The molecule has 0 unspecified atom stereocenters. The van der Waals surface area contributed by atoms with Crippen molar-refractivity contribution in [2.45, 2.75) is 6.92 Å². The van der Waals surface area contributed by atoms with E-state index in [0.717, 1.165) is 17.9 Å². The molecular formula is C8H12N2. The van der Waals surface area contributed by atoms with E-state index in [1.807, 2.05) is 25.3 Å². The summed E-state index contributed by atoms with van der Waals surface area (Å²) < 4.78 is 0. The number of rotatable bonds is 3. The van der Waals surface area contributed by atoms with Crippen LogP contribution in [0.1, 0.15) is 12.6 Å². The van der Waals surface area contributed by atoms with Crippen LogP contribution in [0, 0.1) is 0 Å². The molecule has 2 N–H and O–H groups in total. The smallest absolute Gasteiger partial charge is 0.0609 e. The van der Waals surface area contributed by atoms with E-state index in [1.165, 1.54) is 0 Å². The molecule has 0 aromatic carbocycles. The summed E-state index contributed by atoms with van der Waals surface area (Å²) in [6.45, 7) is 6.81. The van der Waals surface area contributed by atoms with Gasteiger partial charge in [0.15, 0.2) is 0 Å². The molecule has 1 rings (SSSR count). The molecule has 0 aliphatic heterocycles. The first-order valence-corrected chi connectivity index (χ1v) is 3.41. The Morgan fingerprint density at radius 3 is 3.10 bits per heavy atom. The van der Waals surface area contributed by atoms with Crippen molar-refractivity contribution < 1.29 is 0 Å².